The number of hydrogen-bond acceptors (Lipinski definition) is 4. The molecule has 7 heteroatoms. The first-order valence-electron chi connectivity index (χ1n) is 9.42. The van der Waals surface area contributed by atoms with E-state index in [1.165, 1.54) is 11.0 Å². The SMILES string of the molecule is C[C@@H]1C[C@@H](C)CN(c2nc3c(c(=O)[nH]c(=O)n3C)n2Cc2ccccc2)C1. The molecule has 3 aromatic rings. The van der Waals surface area contributed by atoms with Gasteiger partial charge in [0.1, 0.15) is 0 Å². The van der Waals surface area contributed by atoms with Crippen LogP contribution in [0.15, 0.2) is 39.9 Å². The van der Waals surface area contributed by atoms with Crippen LogP contribution in [0.5, 0.6) is 0 Å². The Hall–Kier alpha value is -2.83. The minimum absolute atomic E-state index is 0.388. The van der Waals surface area contributed by atoms with Crippen molar-refractivity contribution in [3.63, 3.8) is 0 Å². The lowest BCUT2D eigenvalue weighted by Crippen LogP contribution is -2.40. The molecule has 3 heterocycles. The van der Waals surface area contributed by atoms with Gasteiger partial charge in [0.2, 0.25) is 5.95 Å². The summed E-state index contributed by atoms with van der Waals surface area (Å²) in [5.74, 6) is 1.88. The summed E-state index contributed by atoms with van der Waals surface area (Å²) in [6, 6.07) is 10.0. The van der Waals surface area contributed by atoms with Gasteiger partial charge in [0.25, 0.3) is 5.56 Å². The molecule has 2 atom stereocenters. The first-order valence-corrected chi connectivity index (χ1v) is 9.42. The van der Waals surface area contributed by atoms with Crippen LogP contribution in [-0.2, 0) is 13.6 Å². The third-order valence-corrected chi connectivity index (χ3v) is 5.32. The minimum atomic E-state index is -0.441. The highest BCUT2D eigenvalue weighted by atomic mass is 16.2. The molecule has 0 aliphatic carbocycles. The van der Waals surface area contributed by atoms with Crippen LogP contribution in [0.1, 0.15) is 25.8 Å². The fourth-order valence-corrected chi connectivity index (χ4v) is 4.21. The summed E-state index contributed by atoms with van der Waals surface area (Å²) in [6.07, 6.45) is 1.19. The van der Waals surface area contributed by atoms with E-state index < -0.39 is 5.69 Å². The van der Waals surface area contributed by atoms with Gasteiger partial charge in [0, 0.05) is 20.1 Å². The molecular weight excluding hydrogens is 342 g/mol. The maximum atomic E-state index is 12.6. The van der Waals surface area contributed by atoms with Crippen molar-refractivity contribution in [1.82, 2.24) is 19.1 Å². The molecule has 2 aromatic heterocycles. The van der Waals surface area contributed by atoms with E-state index in [2.05, 4.69) is 23.7 Å². The fraction of sp³-hybridized carbons (Fsp3) is 0.450. The first-order chi connectivity index (χ1) is 12.9. The maximum Gasteiger partial charge on any atom is 0.329 e. The summed E-state index contributed by atoms with van der Waals surface area (Å²) in [5, 5.41) is 0. The van der Waals surface area contributed by atoms with Crippen LogP contribution in [0.25, 0.3) is 11.2 Å². The van der Waals surface area contributed by atoms with Crippen molar-refractivity contribution < 1.29 is 0 Å². The summed E-state index contributed by atoms with van der Waals surface area (Å²) >= 11 is 0. The number of nitrogens with zero attached hydrogens (tertiary/aromatic N) is 4. The van der Waals surface area contributed by atoms with Gasteiger partial charge in [-0.05, 0) is 23.8 Å². The van der Waals surface area contributed by atoms with Crippen molar-refractivity contribution in [3.8, 4) is 0 Å². The third-order valence-electron chi connectivity index (χ3n) is 5.32. The Labute approximate surface area is 157 Å². The highest BCUT2D eigenvalue weighted by Crippen LogP contribution is 2.28. The molecule has 142 valence electrons. The number of aryl methyl sites for hydroxylation is 1. The Bertz CT molecular complexity index is 1070. The van der Waals surface area contributed by atoms with Crippen LogP contribution in [0.3, 0.4) is 0 Å². The molecule has 1 aromatic carbocycles. The maximum absolute atomic E-state index is 12.6. The first kappa shape index (κ1) is 17.6. The summed E-state index contributed by atoms with van der Waals surface area (Å²) in [4.78, 5) is 34.1. The van der Waals surface area contributed by atoms with E-state index in [0.717, 1.165) is 24.6 Å². The van der Waals surface area contributed by atoms with E-state index in [1.54, 1.807) is 7.05 Å². The number of anilines is 1. The molecule has 1 fully saturated rings. The molecule has 4 rings (SSSR count). The van der Waals surface area contributed by atoms with E-state index in [1.807, 2.05) is 34.9 Å². The van der Waals surface area contributed by atoms with Crippen LogP contribution in [0.2, 0.25) is 0 Å². The largest absolute Gasteiger partial charge is 0.342 e. The number of aromatic nitrogens is 4. The Kier molecular flexibility index (Phi) is 4.37. The van der Waals surface area contributed by atoms with Crippen molar-refractivity contribution in [2.75, 3.05) is 18.0 Å². The van der Waals surface area contributed by atoms with E-state index in [0.29, 0.717) is 29.5 Å². The average Bonchev–Trinajstić information content (AvgIpc) is 3.00. The average molecular weight is 367 g/mol. The van der Waals surface area contributed by atoms with Gasteiger partial charge < -0.3 is 4.90 Å². The summed E-state index contributed by atoms with van der Waals surface area (Å²) in [5.41, 5.74) is 1.14. The Balaban J connectivity index is 1.92. The molecular formula is C20H25N5O2. The topological polar surface area (TPSA) is 75.9 Å². The number of rotatable bonds is 3. The van der Waals surface area contributed by atoms with Crippen LogP contribution < -0.4 is 16.1 Å². The standard InChI is InChI=1S/C20H25N5O2/c1-13-9-14(2)11-24(10-13)19-21-17-16(18(26)22-20(27)23(17)3)25(19)12-15-7-5-4-6-8-15/h4-8,13-14H,9-12H2,1-3H3,(H,22,26,27)/t13-,14-/m1/s1. The fourth-order valence-electron chi connectivity index (χ4n) is 4.21. The van der Waals surface area contributed by atoms with Gasteiger partial charge in [-0.15, -0.1) is 0 Å². The quantitative estimate of drug-likeness (QED) is 0.768. The van der Waals surface area contributed by atoms with Gasteiger partial charge in [0.15, 0.2) is 11.2 Å². The molecule has 0 spiro atoms. The molecule has 1 aliphatic rings. The lowest BCUT2D eigenvalue weighted by atomic mass is 9.92. The Morgan fingerprint density at radius 1 is 1.11 bits per heavy atom. The van der Waals surface area contributed by atoms with Gasteiger partial charge in [-0.2, -0.15) is 4.98 Å². The van der Waals surface area contributed by atoms with Gasteiger partial charge >= 0.3 is 5.69 Å². The van der Waals surface area contributed by atoms with Gasteiger partial charge in [-0.3, -0.25) is 18.9 Å². The van der Waals surface area contributed by atoms with Gasteiger partial charge in [0.05, 0.1) is 6.54 Å². The van der Waals surface area contributed by atoms with Crippen LogP contribution in [0.4, 0.5) is 5.95 Å². The molecule has 0 bridgehead atoms. The second-order valence-electron chi connectivity index (χ2n) is 7.83. The number of imidazole rings is 1. The summed E-state index contributed by atoms with van der Waals surface area (Å²) in [6.45, 7) is 6.82. The monoisotopic (exact) mass is 367 g/mol. The number of fused-ring (bicyclic) bond motifs is 1. The zero-order valence-electron chi connectivity index (χ0n) is 16.0. The van der Waals surface area contributed by atoms with E-state index in [-0.39, 0.29) is 5.56 Å². The second kappa shape index (κ2) is 6.72. The van der Waals surface area contributed by atoms with E-state index >= 15 is 0 Å². The molecule has 0 saturated carbocycles. The minimum Gasteiger partial charge on any atom is -0.342 e. The molecule has 0 radical (unpaired) electrons. The van der Waals surface area contributed by atoms with E-state index in [4.69, 9.17) is 4.98 Å². The number of aromatic amines is 1. The van der Waals surface area contributed by atoms with Crippen molar-refractivity contribution >= 4 is 17.1 Å². The normalized spacial score (nSPS) is 20.3. The lowest BCUT2D eigenvalue weighted by Gasteiger charge is -2.35. The number of benzene rings is 1. The number of H-pyrrole nitrogens is 1. The molecule has 1 saturated heterocycles. The van der Waals surface area contributed by atoms with Crippen molar-refractivity contribution in [1.29, 1.82) is 0 Å². The zero-order valence-corrected chi connectivity index (χ0v) is 16.0. The van der Waals surface area contributed by atoms with Crippen molar-refractivity contribution in [2.24, 2.45) is 18.9 Å². The van der Waals surface area contributed by atoms with Crippen molar-refractivity contribution in [2.45, 2.75) is 26.8 Å². The van der Waals surface area contributed by atoms with Gasteiger partial charge in [-0.1, -0.05) is 44.2 Å². The lowest BCUT2D eigenvalue weighted by molar-refractivity contribution is 0.352. The highest BCUT2D eigenvalue weighted by molar-refractivity contribution is 5.74. The second-order valence-corrected chi connectivity index (χ2v) is 7.83. The summed E-state index contributed by atoms with van der Waals surface area (Å²) < 4.78 is 3.37. The predicted molar refractivity (Wildman–Crippen MR) is 106 cm³/mol. The number of nitrogens with one attached hydrogen (secondary N) is 1. The Morgan fingerprint density at radius 3 is 2.44 bits per heavy atom. The van der Waals surface area contributed by atoms with E-state index in [9.17, 15) is 9.59 Å². The smallest absolute Gasteiger partial charge is 0.329 e. The molecule has 0 unspecified atom stereocenters. The number of hydrogen-bond donors (Lipinski definition) is 1. The highest BCUT2D eigenvalue weighted by Gasteiger charge is 2.27. The molecule has 1 N–H and O–H groups in total. The predicted octanol–water partition coefficient (Wildman–Crippen LogP) is 1.95. The van der Waals surface area contributed by atoms with Gasteiger partial charge in [-0.25, -0.2) is 4.79 Å². The third kappa shape index (κ3) is 3.18. The summed E-state index contributed by atoms with van der Waals surface area (Å²) in [7, 11) is 1.64. The zero-order chi connectivity index (χ0) is 19.1. The Morgan fingerprint density at radius 2 is 1.78 bits per heavy atom. The van der Waals surface area contributed by atoms with Crippen LogP contribution in [-0.4, -0.2) is 32.2 Å². The molecule has 7 nitrogen and oxygen atoms in total. The van der Waals surface area contributed by atoms with Crippen LogP contribution >= 0.6 is 0 Å². The molecule has 27 heavy (non-hydrogen) atoms. The molecule has 0 amide bonds. The number of piperidine rings is 1. The van der Waals surface area contributed by atoms with Crippen molar-refractivity contribution in [3.05, 3.63) is 56.7 Å². The van der Waals surface area contributed by atoms with Crippen LogP contribution in [0, 0.1) is 11.8 Å². The molecule has 1 aliphatic heterocycles.